The van der Waals surface area contributed by atoms with Gasteiger partial charge in [-0.3, -0.25) is 9.59 Å². The molecule has 1 aliphatic heterocycles. The maximum atomic E-state index is 12.6. The van der Waals surface area contributed by atoms with Crippen molar-refractivity contribution in [2.75, 3.05) is 26.7 Å². The largest absolute Gasteiger partial charge is 0.497 e. The zero-order valence-corrected chi connectivity index (χ0v) is 19.5. The number of methoxy groups -OCH3 is 1. The minimum atomic E-state index is 0.0306. The third-order valence-corrected chi connectivity index (χ3v) is 6.89. The Kier molecular flexibility index (Phi) is 8.00. The predicted molar refractivity (Wildman–Crippen MR) is 129 cm³/mol. The first-order valence-corrected chi connectivity index (χ1v) is 12.1. The van der Waals surface area contributed by atoms with Crippen LogP contribution in [0.1, 0.15) is 49.3 Å². The molecule has 2 N–H and O–H groups in total. The van der Waals surface area contributed by atoms with E-state index >= 15 is 0 Å². The number of rotatable bonds is 10. The van der Waals surface area contributed by atoms with E-state index < -0.39 is 0 Å². The molecule has 1 saturated heterocycles. The standard InChI is InChI=1S/C27H35N3O3/c1-33-24-12-10-20(11-13-24)18-26(31)28-23-14-16-30(19-23)17-15-25(21-6-3-2-4-7-21)29-27(32)22-8-5-9-22/h2-4,6-7,10-13,22-23,25H,5,8-9,14-19H2,1H3,(H,28,31)(H,29,32). The van der Waals surface area contributed by atoms with Crippen LogP contribution in [0.4, 0.5) is 0 Å². The van der Waals surface area contributed by atoms with Gasteiger partial charge in [-0.25, -0.2) is 0 Å². The van der Waals surface area contributed by atoms with Crippen LogP contribution in [-0.2, 0) is 16.0 Å². The van der Waals surface area contributed by atoms with Crippen molar-refractivity contribution < 1.29 is 14.3 Å². The van der Waals surface area contributed by atoms with Gasteiger partial charge < -0.3 is 20.3 Å². The lowest BCUT2D eigenvalue weighted by Crippen LogP contribution is -2.39. The van der Waals surface area contributed by atoms with Crippen molar-refractivity contribution in [3.63, 3.8) is 0 Å². The van der Waals surface area contributed by atoms with E-state index in [9.17, 15) is 9.59 Å². The fourth-order valence-corrected chi connectivity index (χ4v) is 4.64. The van der Waals surface area contributed by atoms with Crippen molar-refractivity contribution in [3.8, 4) is 5.75 Å². The topological polar surface area (TPSA) is 70.7 Å². The summed E-state index contributed by atoms with van der Waals surface area (Å²) in [4.78, 5) is 27.5. The number of hydrogen-bond donors (Lipinski definition) is 2. The van der Waals surface area contributed by atoms with E-state index in [2.05, 4.69) is 27.7 Å². The number of ether oxygens (including phenoxy) is 1. The first-order chi connectivity index (χ1) is 16.1. The number of benzene rings is 2. The normalized spacial score (nSPS) is 19.5. The van der Waals surface area contributed by atoms with Crippen LogP contribution >= 0.6 is 0 Å². The fraction of sp³-hybridized carbons (Fsp3) is 0.481. The summed E-state index contributed by atoms with van der Waals surface area (Å²) in [6.07, 6.45) is 5.39. The lowest BCUT2D eigenvalue weighted by Gasteiger charge is -2.28. The van der Waals surface area contributed by atoms with Crippen molar-refractivity contribution in [1.29, 1.82) is 0 Å². The van der Waals surface area contributed by atoms with Gasteiger partial charge in [0.25, 0.3) is 0 Å². The summed E-state index contributed by atoms with van der Waals surface area (Å²) < 4.78 is 5.17. The summed E-state index contributed by atoms with van der Waals surface area (Å²) in [5, 5.41) is 6.48. The Hall–Kier alpha value is -2.86. The van der Waals surface area contributed by atoms with E-state index in [1.807, 2.05) is 42.5 Å². The van der Waals surface area contributed by atoms with E-state index in [1.54, 1.807) is 7.11 Å². The van der Waals surface area contributed by atoms with Gasteiger partial charge in [0.15, 0.2) is 0 Å². The highest BCUT2D eigenvalue weighted by molar-refractivity contribution is 5.80. The predicted octanol–water partition coefficient (Wildman–Crippen LogP) is 3.48. The minimum Gasteiger partial charge on any atom is -0.497 e. The van der Waals surface area contributed by atoms with Crippen LogP contribution in [0.3, 0.4) is 0 Å². The Morgan fingerprint density at radius 2 is 1.82 bits per heavy atom. The molecule has 1 aliphatic carbocycles. The Morgan fingerprint density at radius 1 is 1.06 bits per heavy atom. The summed E-state index contributed by atoms with van der Waals surface area (Å²) in [6, 6.07) is 18.1. The molecule has 2 atom stereocenters. The van der Waals surface area contributed by atoms with Gasteiger partial charge in [0, 0.05) is 31.6 Å². The Labute approximate surface area is 196 Å². The quantitative estimate of drug-likeness (QED) is 0.583. The second kappa shape index (κ2) is 11.3. The molecule has 2 fully saturated rings. The number of nitrogens with zero attached hydrogens (tertiary/aromatic N) is 1. The average molecular weight is 450 g/mol. The number of nitrogens with one attached hydrogen (secondary N) is 2. The molecule has 4 rings (SSSR count). The van der Waals surface area contributed by atoms with Crippen LogP contribution in [0.25, 0.3) is 0 Å². The van der Waals surface area contributed by atoms with Gasteiger partial charge in [0.1, 0.15) is 5.75 Å². The lowest BCUT2D eigenvalue weighted by molar-refractivity contribution is -0.128. The van der Waals surface area contributed by atoms with Crippen LogP contribution in [0.2, 0.25) is 0 Å². The van der Waals surface area contributed by atoms with Gasteiger partial charge in [-0.2, -0.15) is 0 Å². The summed E-state index contributed by atoms with van der Waals surface area (Å²) >= 11 is 0. The molecule has 6 heteroatoms. The fourth-order valence-electron chi connectivity index (χ4n) is 4.64. The van der Waals surface area contributed by atoms with Crippen LogP contribution < -0.4 is 15.4 Å². The molecule has 1 heterocycles. The lowest BCUT2D eigenvalue weighted by atomic mass is 9.84. The van der Waals surface area contributed by atoms with Crippen molar-refractivity contribution in [3.05, 3.63) is 65.7 Å². The van der Waals surface area contributed by atoms with E-state index in [4.69, 9.17) is 4.74 Å². The zero-order valence-electron chi connectivity index (χ0n) is 19.5. The number of likely N-dealkylation sites (tertiary alicyclic amines) is 1. The van der Waals surface area contributed by atoms with Crippen LogP contribution in [0.5, 0.6) is 5.75 Å². The Bertz CT molecular complexity index is 912. The molecular formula is C27H35N3O3. The van der Waals surface area contributed by atoms with Crippen molar-refractivity contribution >= 4 is 11.8 Å². The summed E-state index contributed by atoms with van der Waals surface area (Å²) in [6.45, 7) is 2.72. The van der Waals surface area contributed by atoms with Gasteiger partial charge in [0.05, 0.1) is 19.6 Å². The molecule has 33 heavy (non-hydrogen) atoms. The molecule has 2 aromatic rings. The third kappa shape index (κ3) is 6.57. The summed E-state index contributed by atoms with van der Waals surface area (Å²) in [7, 11) is 1.64. The molecule has 0 bridgehead atoms. The molecule has 6 nitrogen and oxygen atoms in total. The van der Waals surface area contributed by atoms with E-state index in [0.717, 1.165) is 68.6 Å². The second-order valence-corrected chi connectivity index (χ2v) is 9.27. The van der Waals surface area contributed by atoms with E-state index in [-0.39, 0.29) is 29.8 Å². The highest BCUT2D eigenvalue weighted by Gasteiger charge is 2.28. The second-order valence-electron chi connectivity index (χ2n) is 9.27. The minimum absolute atomic E-state index is 0.0306. The molecule has 2 unspecified atom stereocenters. The molecule has 0 aromatic heterocycles. The molecule has 2 amide bonds. The first kappa shape index (κ1) is 23.3. The van der Waals surface area contributed by atoms with Gasteiger partial charge in [0.2, 0.25) is 11.8 Å². The molecule has 176 valence electrons. The van der Waals surface area contributed by atoms with Crippen molar-refractivity contribution in [2.45, 2.75) is 50.6 Å². The maximum absolute atomic E-state index is 12.6. The Morgan fingerprint density at radius 3 is 2.48 bits per heavy atom. The third-order valence-electron chi connectivity index (χ3n) is 6.89. The number of carbonyl (C=O) groups is 2. The first-order valence-electron chi connectivity index (χ1n) is 12.1. The highest BCUT2D eigenvalue weighted by atomic mass is 16.5. The molecule has 2 aliphatic rings. The average Bonchev–Trinajstić information content (AvgIpc) is 3.23. The molecule has 2 aromatic carbocycles. The van der Waals surface area contributed by atoms with Crippen LogP contribution in [-0.4, -0.2) is 49.5 Å². The molecule has 0 spiro atoms. The highest BCUT2D eigenvalue weighted by Crippen LogP contribution is 2.28. The smallest absolute Gasteiger partial charge is 0.224 e. The van der Waals surface area contributed by atoms with Gasteiger partial charge in [-0.1, -0.05) is 48.9 Å². The zero-order chi connectivity index (χ0) is 23.0. The number of amides is 2. The maximum Gasteiger partial charge on any atom is 0.224 e. The SMILES string of the molecule is COc1ccc(CC(=O)NC2CCN(CCC(NC(=O)C3CCC3)c3ccccc3)C2)cc1. The number of carbonyl (C=O) groups excluding carboxylic acids is 2. The summed E-state index contributed by atoms with van der Waals surface area (Å²) in [5.41, 5.74) is 2.14. The van der Waals surface area contributed by atoms with Crippen molar-refractivity contribution in [1.82, 2.24) is 15.5 Å². The number of hydrogen-bond acceptors (Lipinski definition) is 4. The van der Waals surface area contributed by atoms with Gasteiger partial charge in [-0.15, -0.1) is 0 Å². The van der Waals surface area contributed by atoms with Crippen LogP contribution in [0.15, 0.2) is 54.6 Å². The summed E-state index contributed by atoms with van der Waals surface area (Å²) in [5.74, 6) is 1.23. The molecule has 0 radical (unpaired) electrons. The van der Waals surface area contributed by atoms with E-state index in [0.29, 0.717) is 6.42 Å². The molecular weight excluding hydrogens is 414 g/mol. The van der Waals surface area contributed by atoms with E-state index in [1.165, 1.54) is 0 Å². The molecule has 1 saturated carbocycles. The van der Waals surface area contributed by atoms with Gasteiger partial charge in [-0.05, 0) is 48.9 Å². The van der Waals surface area contributed by atoms with Crippen molar-refractivity contribution in [2.24, 2.45) is 5.92 Å². The Balaban J connectivity index is 1.24. The monoisotopic (exact) mass is 449 g/mol. The van der Waals surface area contributed by atoms with Crippen LogP contribution in [0, 0.1) is 5.92 Å². The van der Waals surface area contributed by atoms with Gasteiger partial charge >= 0.3 is 0 Å².